The molecule has 10 heteroatoms. The number of thioether (sulfide) groups is 1. The maximum atomic E-state index is 12.4. The molecular formula is C18H17N3O5S2. The number of anilines is 1. The van der Waals surface area contributed by atoms with E-state index in [1.807, 2.05) is 11.8 Å². The van der Waals surface area contributed by atoms with E-state index in [0.717, 1.165) is 22.0 Å². The van der Waals surface area contributed by atoms with Crippen LogP contribution in [0.2, 0.25) is 0 Å². The number of hydrogen-bond donors (Lipinski definition) is 1. The van der Waals surface area contributed by atoms with Gasteiger partial charge >= 0.3 is 5.97 Å². The molecule has 4 rings (SSSR count). The van der Waals surface area contributed by atoms with E-state index in [4.69, 9.17) is 4.74 Å². The molecule has 0 spiro atoms. The molecular weight excluding hydrogens is 402 g/mol. The summed E-state index contributed by atoms with van der Waals surface area (Å²) < 4.78 is 32.3. The highest BCUT2D eigenvalue weighted by molar-refractivity contribution is 8.15. The number of sulfonamides is 1. The van der Waals surface area contributed by atoms with E-state index in [0.29, 0.717) is 22.8 Å². The maximum Gasteiger partial charge on any atom is 0.338 e. The van der Waals surface area contributed by atoms with Crippen LogP contribution in [0.5, 0.6) is 0 Å². The number of carbonyl (C=O) groups is 2. The van der Waals surface area contributed by atoms with Crippen molar-refractivity contribution in [1.29, 1.82) is 0 Å². The number of ether oxygens (including phenoxy) is 1. The number of hydrogen-bond acceptors (Lipinski definition) is 7. The fourth-order valence-electron chi connectivity index (χ4n) is 3.16. The van der Waals surface area contributed by atoms with Crippen molar-refractivity contribution in [1.82, 2.24) is 4.98 Å². The number of benzene rings is 1. The maximum absolute atomic E-state index is 12.4. The minimum Gasteiger partial charge on any atom is -0.454 e. The van der Waals surface area contributed by atoms with Gasteiger partial charge in [-0.25, -0.2) is 13.2 Å². The van der Waals surface area contributed by atoms with E-state index in [1.54, 1.807) is 31.2 Å². The highest BCUT2D eigenvalue weighted by atomic mass is 32.2. The molecule has 1 aromatic carbocycles. The van der Waals surface area contributed by atoms with Gasteiger partial charge < -0.3 is 14.6 Å². The molecule has 0 saturated heterocycles. The minimum absolute atomic E-state index is 0.0412. The molecule has 0 atom stereocenters. The van der Waals surface area contributed by atoms with Crippen LogP contribution in [-0.2, 0) is 14.8 Å². The third-order valence-corrected chi connectivity index (χ3v) is 6.80. The summed E-state index contributed by atoms with van der Waals surface area (Å²) in [6, 6.07) is 6.69. The first-order chi connectivity index (χ1) is 13.2. The van der Waals surface area contributed by atoms with E-state index in [9.17, 15) is 18.0 Å². The largest absolute Gasteiger partial charge is 0.454 e. The van der Waals surface area contributed by atoms with Gasteiger partial charge in [0.25, 0.3) is 10.0 Å². The fourth-order valence-corrected chi connectivity index (χ4v) is 5.46. The van der Waals surface area contributed by atoms with Crippen molar-refractivity contribution in [2.45, 2.75) is 18.7 Å². The molecule has 0 saturated carbocycles. The van der Waals surface area contributed by atoms with Crippen LogP contribution >= 0.6 is 11.8 Å². The number of nitrogens with one attached hydrogen (secondary N) is 1. The number of amidine groups is 1. The summed E-state index contributed by atoms with van der Waals surface area (Å²) in [5, 5.41) is 0.389. The Morgan fingerprint density at radius 1 is 1.29 bits per heavy atom. The number of fused-ring (bicyclic) bond motifs is 3. The average Bonchev–Trinajstić information content (AvgIpc) is 3.15. The van der Waals surface area contributed by atoms with Gasteiger partial charge in [0.15, 0.2) is 11.8 Å². The monoisotopic (exact) mass is 419 g/mol. The molecule has 0 bridgehead atoms. The quantitative estimate of drug-likeness (QED) is 0.598. The molecule has 2 aromatic rings. The number of H-pyrrole nitrogens is 1. The summed E-state index contributed by atoms with van der Waals surface area (Å²) in [7, 11) is -3.43. The Labute approximate surface area is 166 Å². The molecule has 28 heavy (non-hydrogen) atoms. The van der Waals surface area contributed by atoms with E-state index in [1.165, 1.54) is 11.8 Å². The summed E-state index contributed by atoms with van der Waals surface area (Å²) in [5.74, 6) is -0.927. The summed E-state index contributed by atoms with van der Waals surface area (Å²) in [5.41, 5.74) is 3.21. The van der Waals surface area contributed by atoms with Crippen molar-refractivity contribution in [2.75, 3.05) is 23.8 Å². The van der Waals surface area contributed by atoms with Crippen LogP contribution in [-0.4, -0.2) is 49.2 Å². The van der Waals surface area contributed by atoms with E-state index >= 15 is 0 Å². The van der Waals surface area contributed by atoms with Crippen LogP contribution in [0.1, 0.15) is 32.1 Å². The fraction of sp³-hybridized carbons (Fsp3) is 0.278. The van der Waals surface area contributed by atoms with Crippen LogP contribution in [0, 0.1) is 13.8 Å². The summed E-state index contributed by atoms with van der Waals surface area (Å²) in [6.07, 6.45) is 0. The van der Waals surface area contributed by atoms with Crippen molar-refractivity contribution in [3.63, 3.8) is 0 Å². The minimum atomic E-state index is -3.43. The van der Waals surface area contributed by atoms with Gasteiger partial charge in [-0.15, -0.1) is 4.40 Å². The van der Waals surface area contributed by atoms with E-state index in [-0.39, 0.29) is 18.1 Å². The number of ketones is 1. The van der Waals surface area contributed by atoms with Gasteiger partial charge in [-0.05, 0) is 49.9 Å². The second kappa shape index (κ2) is 6.78. The second-order valence-electron chi connectivity index (χ2n) is 6.59. The highest BCUT2D eigenvalue weighted by Crippen LogP contribution is 2.42. The zero-order valence-electron chi connectivity index (χ0n) is 15.2. The van der Waals surface area contributed by atoms with Gasteiger partial charge in [-0.2, -0.15) is 0 Å². The SMILES string of the molecule is Cc1cc(C(=O)COC(=O)c2ccc3c(c2)SC2=NS(=O)(=O)CCN23)c(C)[nH]1. The molecule has 0 unspecified atom stereocenters. The molecule has 8 nitrogen and oxygen atoms in total. The third kappa shape index (κ3) is 3.45. The predicted molar refractivity (Wildman–Crippen MR) is 106 cm³/mol. The lowest BCUT2D eigenvalue weighted by molar-refractivity contribution is 0.0474. The lowest BCUT2D eigenvalue weighted by Crippen LogP contribution is -2.35. The molecule has 0 amide bonds. The second-order valence-corrected chi connectivity index (χ2v) is 9.35. The number of aromatic nitrogens is 1. The smallest absolute Gasteiger partial charge is 0.338 e. The molecule has 1 N–H and O–H groups in total. The molecule has 1 aromatic heterocycles. The van der Waals surface area contributed by atoms with Crippen LogP contribution in [0.15, 0.2) is 33.6 Å². The summed E-state index contributed by atoms with van der Waals surface area (Å²) >= 11 is 1.20. The van der Waals surface area contributed by atoms with Gasteiger partial charge in [-0.3, -0.25) is 4.79 Å². The zero-order valence-corrected chi connectivity index (χ0v) is 16.8. The van der Waals surface area contributed by atoms with Crippen molar-refractivity contribution in [3.05, 3.63) is 46.8 Å². The summed E-state index contributed by atoms with van der Waals surface area (Å²) in [4.78, 5) is 30.2. The van der Waals surface area contributed by atoms with E-state index in [2.05, 4.69) is 9.38 Å². The Balaban J connectivity index is 1.47. The normalized spacial score (nSPS) is 16.9. The van der Waals surface area contributed by atoms with E-state index < -0.39 is 16.0 Å². The Morgan fingerprint density at radius 3 is 2.79 bits per heavy atom. The Morgan fingerprint density at radius 2 is 2.07 bits per heavy atom. The van der Waals surface area contributed by atoms with Crippen molar-refractivity contribution >= 4 is 44.4 Å². The topological polar surface area (TPSA) is 109 Å². The Bertz CT molecular complexity index is 1130. The van der Waals surface area contributed by atoms with Crippen molar-refractivity contribution in [2.24, 2.45) is 4.40 Å². The molecule has 3 heterocycles. The van der Waals surface area contributed by atoms with Crippen LogP contribution in [0.25, 0.3) is 0 Å². The molecule has 0 fully saturated rings. The van der Waals surface area contributed by atoms with Gasteiger partial charge in [0.1, 0.15) is 0 Å². The first-order valence-corrected chi connectivity index (χ1v) is 10.9. The number of aromatic amines is 1. The first-order valence-electron chi connectivity index (χ1n) is 8.52. The highest BCUT2D eigenvalue weighted by Gasteiger charge is 2.33. The lowest BCUT2D eigenvalue weighted by atomic mass is 10.1. The first kappa shape index (κ1) is 18.8. The number of aryl methyl sites for hydroxylation is 2. The third-order valence-electron chi connectivity index (χ3n) is 4.49. The number of esters is 1. The zero-order chi connectivity index (χ0) is 20.1. The van der Waals surface area contributed by atoms with Crippen molar-refractivity contribution < 1.29 is 22.7 Å². The molecule has 146 valence electrons. The number of nitrogens with zero attached hydrogens (tertiary/aromatic N) is 2. The predicted octanol–water partition coefficient (Wildman–Crippen LogP) is 2.28. The van der Waals surface area contributed by atoms with Crippen LogP contribution in [0.4, 0.5) is 5.69 Å². The number of carbonyl (C=O) groups excluding carboxylic acids is 2. The van der Waals surface area contributed by atoms with Crippen LogP contribution < -0.4 is 4.90 Å². The van der Waals surface area contributed by atoms with Gasteiger partial charge in [0.2, 0.25) is 5.78 Å². The van der Waals surface area contributed by atoms with Gasteiger partial charge in [-0.1, -0.05) is 0 Å². The molecule has 0 aliphatic carbocycles. The average molecular weight is 419 g/mol. The molecule has 2 aliphatic heterocycles. The summed E-state index contributed by atoms with van der Waals surface area (Å²) in [6.45, 7) is 3.62. The Kier molecular flexibility index (Phi) is 4.54. The standard InChI is InChI=1S/C18H17N3O5S2/c1-10-7-13(11(2)19-10)15(22)9-26-17(23)12-3-4-14-16(8-12)27-18-20-28(24,25)6-5-21(14)18/h3-4,7-8,19H,5-6,9H2,1-2H3. The van der Waals surface area contributed by atoms with Gasteiger partial charge in [0, 0.05) is 28.4 Å². The van der Waals surface area contributed by atoms with Crippen molar-refractivity contribution in [3.8, 4) is 0 Å². The van der Waals surface area contributed by atoms with Gasteiger partial charge in [0.05, 0.1) is 17.0 Å². The number of Topliss-reactive ketones (excluding diaryl/α,β-unsaturated/α-hetero) is 1. The number of rotatable bonds is 4. The molecule has 0 radical (unpaired) electrons. The lowest BCUT2D eigenvalue weighted by Gasteiger charge is -2.22. The van der Waals surface area contributed by atoms with Crippen LogP contribution in [0.3, 0.4) is 0 Å². The molecule has 2 aliphatic rings. The Hall–Kier alpha value is -2.59.